The molecule has 2 aromatic carbocycles. The number of rotatable bonds is 6. The molecule has 0 saturated heterocycles. The number of aryl methyl sites for hydroxylation is 1. The number of carbonyl (C=O) groups excluding carboxylic acids is 1. The van der Waals surface area contributed by atoms with Crippen LogP contribution in [0.25, 0.3) is 0 Å². The first-order valence-corrected chi connectivity index (χ1v) is 9.61. The van der Waals surface area contributed by atoms with Crippen LogP contribution < -0.4 is 19.7 Å². The molecule has 29 heavy (non-hydrogen) atoms. The van der Waals surface area contributed by atoms with E-state index in [-0.39, 0.29) is 12.7 Å². The van der Waals surface area contributed by atoms with E-state index in [1.165, 1.54) is 5.56 Å². The monoisotopic (exact) mass is 389 g/mol. The maximum Gasteiger partial charge on any atom is 0.270 e. The maximum atomic E-state index is 12.5. The number of nitrogens with one attached hydrogen (secondary N) is 1. The van der Waals surface area contributed by atoms with Crippen LogP contribution in [0.4, 0.5) is 11.4 Å². The third kappa shape index (κ3) is 4.16. The first-order valence-electron chi connectivity index (χ1n) is 9.61. The zero-order valence-electron chi connectivity index (χ0n) is 16.5. The number of pyridine rings is 1. The Labute approximate surface area is 170 Å². The Balaban J connectivity index is 1.42. The summed E-state index contributed by atoms with van der Waals surface area (Å²) in [5.41, 5.74) is 4.58. The average Bonchev–Trinajstić information content (AvgIpc) is 3.21. The van der Waals surface area contributed by atoms with Gasteiger partial charge in [0.05, 0.1) is 11.9 Å². The predicted molar refractivity (Wildman–Crippen MR) is 112 cm³/mol. The van der Waals surface area contributed by atoms with Crippen LogP contribution >= 0.6 is 0 Å². The summed E-state index contributed by atoms with van der Waals surface area (Å²) in [6.07, 6.45) is 1.74. The number of nitrogens with zero attached hydrogens (tertiary/aromatic N) is 2. The summed E-state index contributed by atoms with van der Waals surface area (Å²) in [7, 11) is 0. The van der Waals surface area contributed by atoms with Crippen molar-refractivity contribution in [3.8, 4) is 11.5 Å². The Morgan fingerprint density at radius 3 is 2.69 bits per heavy atom. The maximum absolute atomic E-state index is 12.5. The molecule has 0 spiro atoms. The molecule has 0 radical (unpaired) electrons. The number of amides is 1. The quantitative estimate of drug-likeness (QED) is 0.684. The van der Waals surface area contributed by atoms with Gasteiger partial charge in [0.2, 0.25) is 6.79 Å². The predicted octanol–water partition coefficient (Wildman–Crippen LogP) is 4.21. The summed E-state index contributed by atoms with van der Waals surface area (Å²) in [6, 6.07) is 17.6. The van der Waals surface area contributed by atoms with Crippen molar-refractivity contribution in [1.29, 1.82) is 0 Å². The van der Waals surface area contributed by atoms with Crippen molar-refractivity contribution in [3.63, 3.8) is 0 Å². The fourth-order valence-corrected chi connectivity index (χ4v) is 3.31. The smallest absolute Gasteiger partial charge is 0.270 e. The highest BCUT2D eigenvalue weighted by Crippen LogP contribution is 2.32. The highest BCUT2D eigenvalue weighted by Gasteiger charge is 2.14. The molecule has 1 amide bonds. The molecule has 0 bridgehead atoms. The van der Waals surface area contributed by atoms with Gasteiger partial charge in [-0.25, -0.2) is 4.98 Å². The van der Waals surface area contributed by atoms with Gasteiger partial charge in [0.25, 0.3) is 5.91 Å². The molecular weight excluding hydrogens is 366 g/mol. The molecule has 0 aliphatic carbocycles. The lowest BCUT2D eigenvalue weighted by atomic mass is 10.2. The van der Waals surface area contributed by atoms with E-state index in [0.717, 1.165) is 29.2 Å². The molecule has 1 aliphatic heterocycles. The van der Waals surface area contributed by atoms with Crippen molar-refractivity contribution >= 4 is 17.3 Å². The van der Waals surface area contributed by atoms with Crippen molar-refractivity contribution in [2.45, 2.75) is 20.4 Å². The molecule has 1 aliphatic rings. The van der Waals surface area contributed by atoms with Gasteiger partial charge in [-0.05, 0) is 61.4 Å². The lowest BCUT2D eigenvalue weighted by Crippen LogP contribution is -2.24. The number of carbonyl (C=O) groups is 1. The minimum Gasteiger partial charge on any atom is -0.454 e. The lowest BCUT2D eigenvalue weighted by Gasteiger charge is -2.23. The standard InChI is InChI=1S/C23H23N3O3/c1-3-26(18-6-4-5-16(2)11-18)19-8-9-20(24-14-19)23(27)25-13-17-7-10-21-22(12-17)29-15-28-21/h4-12,14H,3,13,15H2,1-2H3,(H,25,27). The van der Waals surface area contributed by atoms with Crippen LogP contribution in [-0.4, -0.2) is 24.2 Å². The fourth-order valence-electron chi connectivity index (χ4n) is 3.31. The summed E-state index contributed by atoms with van der Waals surface area (Å²) >= 11 is 0. The summed E-state index contributed by atoms with van der Waals surface area (Å²) < 4.78 is 10.7. The van der Waals surface area contributed by atoms with Crippen molar-refractivity contribution < 1.29 is 14.3 Å². The first-order chi connectivity index (χ1) is 14.1. The third-order valence-electron chi connectivity index (χ3n) is 4.81. The third-order valence-corrected chi connectivity index (χ3v) is 4.81. The van der Waals surface area contributed by atoms with Crippen LogP contribution in [0.3, 0.4) is 0 Å². The summed E-state index contributed by atoms with van der Waals surface area (Å²) in [5.74, 6) is 1.22. The van der Waals surface area contributed by atoms with E-state index in [1.807, 2.05) is 30.3 Å². The minimum absolute atomic E-state index is 0.215. The van der Waals surface area contributed by atoms with Gasteiger partial charge in [0.15, 0.2) is 11.5 Å². The number of ether oxygens (including phenoxy) is 2. The van der Waals surface area contributed by atoms with Gasteiger partial charge in [-0.2, -0.15) is 0 Å². The van der Waals surface area contributed by atoms with Gasteiger partial charge in [0.1, 0.15) is 5.69 Å². The SMILES string of the molecule is CCN(c1ccc(C(=O)NCc2ccc3c(c2)OCO3)nc1)c1cccc(C)c1. The summed E-state index contributed by atoms with van der Waals surface area (Å²) in [6.45, 7) is 5.60. The lowest BCUT2D eigenvalue weighted by molar-refractivity contribution is 0.0946. The minimum atomic E-state index is -0.215. The number of anilines is 2. The van der Waals surface area contributed by atoms with Crippen molar-refractivity contribution in [1.82, 2.24) is 10.3 Å². The van der Waals surface area contributed by atoms with Crippen molar-refractivity contribution in [2.75, 3.05) is 18.2 Å². The molecule has 3 aromatic rings. The molecule has 1 N–H and O–H groups in total. The second-order valence-electron chi connectivity index (χ2n) is 6.86. The Bertz CT molecular complexity index is 1020. The van der Waals surface area contributed by atoms with E-state index >= 15 is 0 Å². The zero-order chi connectivity index (χ0) is 20.2. The van der Waals surface area contributed by atoms with Gasteiger partial charge in [-0.15, -0.1) is 0 Å². The molecular formula is C23H23N3O3. The Morgan fingerprint density at radius 1 is 1.07 bits per heavy atom. The second kappa shape index (κ2) is 8.22. The van der Waals surface area contributed by atoms with Crippen LogP contribution in [0.15, 0.2) is 60.8 Å². The van der Waals surface area contributed by atoms with E-state index < -0.39 is 0 Å². The van der Waals surface area contributed by atoms with Crippen molar-refractivity contribution in [2.24, 2.45) is 0 Å². The second-order valence-corrected chi connectivity index (χ2v) is 6.86. The van der Waals surface area contributed by atoms with E-state index in [2.05, 4.69) is 47.2 Å². The van der Waals surface area contributed by atoms with Crippen molar-refractivity contribution in [3.05, 3.63) is 77.6 Å². The zero-order valence-corrected chi connectivity index (χ0v) is 16.5. The van der Waals surface area contributed by atoms with Crippen LogP contribution in [0.2, 0.25) is 0 Å². The van der Waals surface area contributed by atoms with Gasteiger partial charge in [-0.1, -0.05) is 18.2 Å². The Hall–Kier alpha value is -3.54. The van der Waals surface area contributed by atoms with E-state index in [0.29, 0.717) is 18.0 Å². The normalized spacial score (nSPS) is 11.9. The van der Waals surface area contributed by atoms with Crippen LogP contribution in [0, 0.1) is 6.92 Å². The van der Waals surface area contributed by atoms with Crippen LogP contribution in [-0.2, 0) is 6.54 Å². The Kier molecular flexibility index (Phi) is 5.33. The largest absolute Gasteiger partial charge is 0.454 e. The first kappa shape index (κ1) is 18.8. The van der Waals surface area contributed by atoms with Gasteiger partial charge >= 0.3 is 0 Å². The molecule has 1 aromatic heterocycles. The van der Waals surface area contributed by atoms with Crippen LogP contribution in [0.1, 0.15) is 28.5 Å². The van der Waals surface area contributed by atoms with Crippen LogP contribution in [0.5, 0.6) is 11.5 Å². The molecule has 0 fully saturated rings. The highest BCUT2D eigenvalue weighted by molar-refractivity contribution is 5.92. The summed E-state index contributed by atoms with van der Waals surface area (Å²) in [4.78, 5) is 19.0. The van der Waals surface area contributed by atoms with E-state index in [1.54, 1.807) is 12.3 Å². The van der Waals surface area contributed by atoms with Gasteiger partial charge in [0, 0.05) is 18.8 Å². The number of hydrogen-bond donors (Lipinski definition) is 1. The molecule has 6 heteroatoms. The number of hydrogen-bond acceptors (Lipinski definition) is 5. The highest BCUT2D eigenvalue weighted by atomic mass is 16.7. The molecule has 0 unspecified atom stereocenters. The molecule has 4 rings (SSSR count). The molecule has 6 nitrogen and oxygen atoms in total. The summed E-state index contributed by atoms with van der Waals surface area (Å²) in [5, 5.41) is 2.90. The van der Waals surface area contributed by atoms with E-state index in [4.69, 9.17) is 9.47 Å². The topological polar surface area (TPSA) is 63.7 Å². The average molecular weight is 389 g/mol. The molecule has 148 valence electrons. The van der Waals surface area contributed by atoms with Gasteiger partial charge < -0.3 is 19.7 Å². The van der Waals surface area contributed by atoms with E-state index in [9.17, 15) is 4.79 Å². The fraction of sp³-hybridized carbons (Fsp3) is 0.217. The Morgan fingerprint density at radius 2 is 1.93 bits per heavy atom. The molecule has 0 atom stereocenters. The molecule has 0 saturated carbocycles. The molecule has 2 heterocycles. The number of aromatic nitrogens is 1. The number of benzene rings is 2. The number of fused-ring (bicyclic) bond motifs is 1. The van der Waals surface area contributed by atoms with Gasteiger partial charge in [-0.3, -0.25) is 4.79 Å².